The Balaban J connectivity index is 2.00. The van der Waals surface area contributed by atoms with E-state index < -0.39 is 11.9 Å². The first-order chi connectivity index (χ1) is 16.0. The Morgan fingerprint density at radius 2 is 1.36 bits per heavy atom. The van der Waals surface area contributed by atoms with Crippen molar-refractivity contribution in [1.29, 1.82) is 5.26 Å². The average molecular weight is 455 g/mol. The van der Waals surface area contributed by atoms with Crippen LogP contribution in [0.1, 0.15) is 22.1 Å². The van der Waals surface area contributed by atoms with Gasteiger partial charge in [0.05, 0.1) is 54.2 Å². The predicted octanol–water partition coefficient (Wildman–Crippen LogP) is 3.21. The lowest BCUT2D eigenvalue weighted by atomic mass is 10.1. The van der Waals surface area contributed by atoms with Crippen LogP contribution < -0.4 is 33.7 Å². The molecule has 0 aliphatic rings. The Bertz CT molecular complexity index is 1190. The molecular weight excluding hydrogens is 430 g/mol. The van der Waals surface area contributed by atoms with Crippen LogP contribution in [0.3, 0.4) is 0 Å². The Morgan fingerprint density at radius 1 is 0.818 bits per heavy atom. The Hall–Kier alpha value is -4.26. The van der Waals surface area contributed by atoms with E-state index >= 15 is 0 Å². The first-order valence-electron chi connectivity index (χ1n) is 9.78. The lowest BCUT2D eigenvalue weighted by Gasteiger charge is -2.17. The van der Waals surface area contributed by atoms with Crippen LogP contribution in [0.15, 0.2) is 24.3 Å². The molecule has 1 heterocycles. The number of nitrogens with one attached hydrogen (secondary N) is 2. The van der Waals surface area contributed by atoms with E-state index in [1.807, 2.05) is 0 Å². The summed E-state index contributed by atoms with van der Waals surface area (Å²) in [5.74, 6) is 1.99. The van der Waals surface area contributed by atoms with Gasteiger partial charge >= 0.3 is 0 Å². The lowest BCUT2D eigenvalue weighted by molar-refractivity contribution is 0.0941. The first kappa shape index (κ1) is 23.4. The van der Waals surface area contributed by atoms with Crippen molar-refractivity contribution in [3.05, 3.63) is 35.5 Å². The molecule has 0 spiro atoms. The molecule has 174 valence electrons. The normalized spacial score (nSPS) is 11.3. The van der Waals surface area contributed by atoms with Crippen molar-refractivity contribution < 1.29 is 33.2 Å². The number of nitriles is 1. The number of rotatable bonds is 9. The second kappa shape index (κ2) is 9.91. The summed E-state index contributed by atoms with van der Waals surface area (Å²) in [7, 11) is 8.96. The third-order valence-electron chi connectivity index (χ3n) is 5.11. The number of ether oxygens (including phenoxy) is 6. The summed E-state index contributed by atoms with van der Waals surface area (Å²) >= 11 is 0. The molecule has 10 heteroatoms. The molecule has 2 aromatic carbocycles. The van der Waals surface area contributed by atoms with Crippen molar-refractivity contribution in [3.63, 3.8) is 0 Å². The number of hydrogen-bond acceptors (Lipinski definition) is 8. The van der Waals surface area contributed by atoms with E-state index in [-0.39, 0.29) is 5.69 Å². The third-order valence-corrected chi connectivity index (χ3v) is 5.11. The van der Waals surface area contributed by atoms with Gasteiger partial charge in [0.1, 0.15) is 17.5 Å². The summed E-state index contributed by atoms with van der Waals surface area (Å²) in [5, 5.41) is 13.1. The van der Waals surface area contributed by atoms with Gasteiger partial charge in [0.25, 0.3) is 5.91 Å². The predicted molar refractivity (Wildman–Crippen MR) is 120 cm³/mol. The third kappa shape index (κ3) is 4.25. The summed E-state index contributed by atoms with van der Waals surface area (Å²) in [4.78, 5) is 16.1. The van der Waals surface area contributed by atoms with Crippen LogP contribution in [-0.2, 0) is 0 Å². The van der Waals surface area contributed by atoms with Gasteiger partial charge in [0.2, 0.25) is 5.75 Å². The lowest BCUT2D eigenvalue weighted by Crippen LogP contribution is -2.28. The van der Waals surface area contributed by atoms with Crippen molar-refractivity contribution in [2.45, 2.75) is 6.04 Å². The first-order valence-corrected chi connectivity index (χ1v) is 9.78. The standard InChI is InChI=1S/C23H25N3O7/c1-28-16-10-19(31-4)22(33-6)20-13(16)9-14(25-20)23(27)26-15(11-24)12-7-17(29-2)21(32-5)18(8-12)30-3/h7-10,15,25H,1-6H3,(H,26,27). The number of fused-ring (bicyclic) bond motifs is 1. The minimum Gasteiger partial charge on any atom is -0.496 e. The zero-order chi connectivity index (χ0) is 24.1. The van der Waals surface area contributed by atoms with Gasteiger partial charge in [0, 0.05) is 11.5 Å². The van der Waals surface area contributed by atoms with E-state index in [1.165, 1.54) is 42.7 Å². The molecule has 10 nitrogen and oxygen atoms in total. The quantitative estimate of drug-likeness (QED) is 0.504. The molecule has 0 fully saturated rings. The highest BCUT2D eigenvalue weighted by molar-refractivity contribution is 6.02. The number of hydrogen-bond donors (Lipinski definition) is 2. The number of H-pyrrole nitrogens is 1. The number of aromatic nitrogens is 1. The van der Waals surface area contributed by atoms with Gasteiger partial charge in [0.15, 0.2) is 23.0 Å². The average Bonchev–Trinajstić information content (AvgIpc) is 3.30. The van der Waals surface area contributed by atoms with Gasteiger partial charge < -0.3 is 38.7 Å². The van der Waals surface area contributed by atoms with Crippen LogP contribution >= 0.6 is 0 Å². The van der Waals surface area contributed by atoms with E-state index in [4.69, 9.17) is 28.4 Å². The fourth-order valence-corrected chi connectivity index (χ4v) is 3.53. The van der Waals surface area contributed by atoms with Crippen LogP contribution in [0, 0.1) is 11.3 Å². The summed E-state index contributed by atoms with van der Waals surface area (Å²) in [6, 6.07) is 7.61. The highest BCUT2D eigenvalue weighted by atomic mass is 16.5. The number of benzene rings is 2. The van der Waals surface area contributed by atoms with Crippen molar-refractivity contribution in [2.75, 3.05) is 42.7 Å². The molecule has 33 heavy (non-hydrogen) atoms. The molecule has 0 saturated heterocycles. The van der Waals surface area contributed by atoms with Crippen molar-refractivity contribution in [3.8, 4) is 40.6 Å². The largest absolute Gasteiger partial charge is 0.496 e. The molecule has 0 aliphatic heterocycles. The number of carbonyl (C=O) groups is 1. The van der Waals surface area contributed by atoms with Crippen LogP contribution in [0.2, 0.25) is 0 Å². The fraction of sp³-hybridized carbons (Fsp3) is 0.304. The van der Waals surface area contributed by atoms with Crippen molar-refractivity contribution >= 4 is 16.8 Å². The molecule has 1 aromatic heterocycles. The number of amides is 1. The molecule has 3 aromatic rings. The smallest absolute Gasteiger partial charge is 0.269 e. The zero-order valence-electron chi connectivity index (χ0n) is 19.2. The molecule has 1 unspecified atom stereocenters. The second-order valence-corrected chi connectivity index (χ2v) is 6.78. The molecule has 2 N–H and O–H groups in total. The number of methoxy groups -OCH3 is 6. The maximum Gasteiger partial charge on any atom is 0.269 e. The molecular formula is C23H25N3O7. The van der Waals surface area contributed by atoms with Crippen molar-refractivity contribution in [2.24, 2.45) is 0 Å². The number of carbonyl (C=O) groups excluding carboxylic acids is 1. The van der Waals surface area contributed by atoms with Gasteiger partial charge in [-0.15, -0.1) is 0 Å². The molecule has 1 atom stereocenters. The summed E-state index contributed by atoms with van der Waals surface area (Å²) in [6.07, 6.45) is 0. The maximum absolute atomic E-state index is 13.0. The fourth-order valence-electron chi connectivity index (χ4n) is 3.53. The van der Waals surface area contributed by atoms with Crippen LogP contribution in [-0.4, -0.2) is 53.5 Å². The second-order valence-electron chi connectivity index (χ2n) is 6.78. The van der Waals surface area contributed by atoms with E-state index in [0.717, 1.165) is 0 Å². The van der Waals surface area contributed by atoms with Crippen molar-refractivity contribution in [1.82, 2.24) is 10.3 Å². The maximum atomic E-state index is 13.0. The Morgan fingerprint density at radius 3 is 1.85 bits per heavy atom. The highest BCUT2D eigenvalue weighted by Crippen LogP contribution is 2.42. The van der Waals surface area contributed by atoms with E-state index in [0.29, 0.717) is 51.0 Å². The zero-order valence-corrected chi connectivity index (χ0v) is 19.2. The van der Waals surface area contributed by atoms with E-state index in [1.54, 1.807) is 24.3 Å². The molecule has 0 radical (unpaired) electrons. The van der Waals surface area contributed by atoms with Gasteiger partial charge in [-0.1, -0.05) is 0 Å². The van der Waals surface area contributed by atoms with E-state index in [2.05, 4.69) is 16.4 Å². The van der Waals surface area contributed by atoms with Gasteiger partial charge in [-0.3, -0.25) is 4.79 Å². The molecule has 0 saturated carbocycles. The summed E-state index contributed by atoms with van der Waals surface area (Å²) in [6.45, 7) is 0. The number of nitrogens with zero attached hydrogens (tertiary/aromatic N) is 1. The summed E-state index contributed by atoms with van der Waals surface area (Å²) < 4.78 is 32.2. The minimum absolute atomic E-state index is 0.211. The topological polar surface area (TPSA) is 124 Å². The minimum atomic E-state index is -0.990. The molecule has 0 aliphatic carbocycles. The van der Waals surface area contributed by atoms with Crippen LogP contribution in [0.25, 0.3) is 10.9 Å². The monoisotopic (exact) mass is 455 g/mol. The van der Waals surface area contributed by atoms with Gasteiger partial charge in [-0.2, -0.15) is 5.26 Å². The van der Waals surface area contributed by atoms with Gasteiger partial charge in [-0.05, 0) is 23.8 Å². The van der Waals surface area contributed by atoms with Crippen LogP contribution in [0.5, 0.6) is 34.5 Å². The van der Waals surface area contributed by atoms with E-state index in [9.17, 15) is 10.1 Å². The van der Waals surface area contributed by atoms with Crippen LogP contribution in [0.4, 0.5) is 0 Å². The summed E-state index contributed by atoms with van der Waals surface area (Å²) in [5.41, 5.74) is 1.20. The Kier molecular flexibility index (Phi) is 7.03. The number of aromatic amines is 1. The molecule has 1 amide bonds. The highest BCUT2D eigenvalue weighted by Gasteiger charge is 2.23. The van der Waals surface area contributed by atoms with Gasteiger partial charge in [-0.25, -0.2) is 0 Å². The molecule has 0 bridgehead atoms. The molecule has 3 rings (SSSR count). The SMILES string of the molecule is COc1cc(C(C#N)NC(=O)c2cc3c(OC)cc(OC)c(OC)c3[nH]2)cc(OC)c1OC. The Labute approximate surface area is 190 Å².